The lowest BCUT2D eigenvalue weighted by molar-refractivity contribution is -0.384. The van der Waals surface area contributed by atoms with E-state index in [-0.39, 0.29) is 17.7 Å². The van der Waals surface area contributed by atoms with Crippen LogP contribution in [-0.4, -0.2) is 30.0 Å². The number of nitrogens with two attached hydrogens (primary N) is 2. The highest BCUT2D eigenvalue weighted by Crippen LogP contribution is 2.24. The van der Waals surface area contributed by atoms with Crippen LogP contribution < -0.4 is 16.4 Å². The number of nitro groups is 1. The molecule has 1 atom stereocenters. The van der Waals surface area contributed by atoms with Crippen LogP contribution in [0.2, 0.25) is 0 Å². The molecule has 1 heterocycles. The van der Waals surface area contributed by atoms with E-state index in [0.29, 0.717) is 0 Å². The molecule has 0 radical (unpaired) electrons. The van der Waals surface area contributed by atoms with Crippen LogP contribution in [0.25, 0.3) is 0 Å². The van der Waals surface area contributed by atoms with Gasteiger partial charge in [-0.2, -0.15) is 0 Å². The van der Waals surface area contributed by atoms with Crippen molar-refractivity contribution in [2.24, 2.45) is 16.5 Å². The van der Waals surface area contributed by atoms with Crippen LogP contribution >= 0.6 is 0 Å². The van der Waals surface area contributed by atoms with E-state index in [2.05, 4.69) is 9.89 Å². The minimum atomic E-state index is -0.407. The Morgan fingerprint density at radius 1 is 1.39 bits per heavy atom. The Labute approximate surface area is 104 Å². The number of nitrogens with zero attached hydrogens (tertiary/aromatic N) is 3. The SMILES string of the molecule is NC(N)=NC1CCN(c2ccc([N+](=O)[O-])cc2)C1. The van der Waals surface area contributed by atoms with Gasteiger partial charge in [0.1, 0.15) is 0 Å². The molecule has 0 amide bonds. The van der Waals surface area contributed by atoms with Crippen LogP contribution in [0.3, 0.4) is 0 Å². The van der Waals surface area contributed by atoms with Crippen molar-refractivity contribution in [3.05, 3.63) is 34.4 Å². The molecule has 18 heavy (non-hydrogen) atoms. The summed E-state index contributed by atoms with van der Waals surface area (Å²) in [5.74, 6) is 0.102. The van der Waals surface area contributed by atoms with Gasteiger partial charge in [0, 0.05) is 30.9 Å². The lowest BCUT2D eigenvalue weighted by Crippen LogP contribution is -2.27. The Kier molecular flexibility index (Phi) is 3.31. The number of hydrogen-bond donors (Lipinski definition) is 2. The first-order chi connectivity index (χ1) is 8.56. The summed E-state index contributed by atoms with van der Waals surface area (Å²) in [5, 5.41) is 10.6. The monoisotopic (exact) mass is 249 g/mol. The van der Waals surface area contributed by atoms with Crippen LogP contribution in [-0.2, 0) is 0 Å². The van der Waals surface area contributed by atoms with Crippen LogP contribution in [0.15, 0.2) is 29.3 Å². The molecule has 0 bridgehead atoms. The van der Waals surface area contributed by atoms with E-state index in [9.17, 15) is 10.1 Å². The van der Waals surface area contributed by atoms with Gasteiger partial charge in [-0.1, -0.05) is 0 Å². The van der Waals surface area contributed by atoms with Crippen molar-refractivity contribution in [2.75, 3.05) is 18.0 Å². The molecule has 1 aromatic rings. The molecule has 0 saturated carbocycles. The summed E-state index contributed by atoms with van der Waals surface area (Å²) in [6, 6.07) is 6.60. The van der Waals surface area contributed by atoms with E-state index in [0.717, 1.165) is 25.2 Å². The second kappa shape index (κ2) is 4.91. The quantitative estimate of drug-likeness (QED) is 0.349. The lowest BCUT2D eigenvalue weighted by Gasteiger charge is -2.17. The summed E-state index contributed by atoms with van der Waals surface area (Å²) in [6.45, 7) is 1.58. The maximum absolute atomic E-state index is 10.6. The summed E-state index contributed by atoms with van der Waals surface area (Å²) < 4.78 is 0. The van der Waals surface area contributed by atoms with Crippen molar-refractivity contribution in [1.29, 1.82) is 0 Å². The highest BCUT2D eigenvalue weighted by molar-refractivity contribution is 5.76. The van der Waals surface area contributed by atoms with Crippen molar-refractivity contribution < 1.29 is 4.92 Å². The van der Waals surface area contributed by atoms with Crippen molar-refractivity contribution in [3.63, 3.8) is 0 Å². The average molecular weight is 249 g/mol. The first kappa shape index (κ1) is 12.2. The Morgan fingerprint density at radius 3 is 2.61 bits per heavy atom. The Balaban J connectivity index is 2.05. The van der Waals surface area contributed by atoms with Gasteiger partial charge < -0.3 is 16.4 Å². The fourth-order valence-corrected chi connectivity index (χ4v) is 2.08. The van der Waals surface area contributed by atoms with Crippen LogP contribution in [0.4, 0.5) is 11.4 Å². The summed E-state index contributed by atoms with van der Waals surface area (Å²) in [4.78, 5) is 16.4. The molecule has 1 fully saturated rings. The van der Waals surface area contributed by atoms with Gasteiger partial charge in [0.05, 0.1) is 11.0 Å². The average Bonchev–Trinajstić information content (AvgIpc) is 2.76. The van der Waals surface area contributed by atoms with Gasteiger partial charge >= 0.3 is 0 Å². The highest BCUT2D eigenvalue weighted by Gasteiger charge is 2.22. The van der Waals surface area contributed by atoms with Crippen LogP contribution in [0, 0.1) is 10.1 Å². The molecule has 2 rings (SSSR count). The van der Waals surface area contributed by atoms with E-state index in [1.54, 1.807) is 12.1 Å². The van der Waals surface area contributed by atoms with Gasteiger partial charge in [-0.15, -0.1) is 0 Å². The highest BCUT2D eigenvalue weighted by atomic mass is 16.6. The number of aliphatic imine (C=N–C) groups is 1. The molecule has 96 valence electrons. The third-order valence-electron chi connectivity index (χ3n) is 2.92. The molecule has 7 nitrogen and oxygen atoms in total. The maximum atomic E-state index is 10.6. The zero-order chi connectivity index (χ0) is 13.1. The molecule has 4 N–H and O–H groups in total. The largest absolute Gasteiger partial charge is 0.370 e. The zero-order valence-electron chi connectivity index (χ0n) is 9.82. The van der Waals surface area contributed by atoms with E-state index in [1.165, 1.54) is 12.1 Å². The number of rotatable bonds is 3. The number of guanidine groups is 1. The van der Waals surface area contributed by atoms with Crippen molar-refractivity contribution in [3.8, 4) is 0 Å². The number of hydrogen-bond acceptors (Lipinski definition) is 4. The molecule has 1 unspecified atom stereocenters. The molecule has 0 spiro atoms. The van der Waals surface area contributed by atoms with Gasteiger partial charge in [-0.25, -0.2) is 4.99 Å². The fraction of sp³-hybridized carbons (Fsp3) is 0.364. The number of non-ortho nitro benzene ring substituents is 1. The predicted octanol–water partition coefficient (Wildman–Crippen LogP) is 0.447. The Hall–Kier alpha value is -2.31. The lowest BCUT2D eigenvalue weighted by atomic mass is 10.2. The second-order valence-corrected chi connectivity index (χ2v) is 4.22. The molecule has 7 heteroatoms. The van der Waals surface area contributed by atoms with E-state index >= 15 is 0 Å². The zero-order valence-corrected chi connectivity index (χ0v) is 9.82. The molecule has 0 aliphatic carbocycles. The molecule has 1 aromatic carbocycles. The van der Waals surface area contributed by atoms with Crippen molar-refractivity contribution in [1.82, 2.24) is 0 Å². The minimum absolute atomic E-state index is 0.0960. The summed E-state index contributed by atoms with van der Waals surface area (Å²) in [7, 11) is 0. The predicted molar refractivity (Wildman–Crippen MR) is 69.5 cm³/mol. The second-order valence-electron chi connectivity index (χ2n) is 4.22. The van der Waals surface area contributed by atoms with Crippen LogP contribution in [0.5, 0.6) is 0 Å². The Bertz CT molecular complexity index is 467. The van der Waals surface area contributed by atoms with Crippen molar-refractivity contribution in [2.45, 2.75) is 12.5 Å². The standard InChI is InChI=1S/C11H15N5O2/c12-11(13)14-8-5-6-15(7-8)9-1-3-10(4-2-9)16(17)18/h1-4,8H,5-7H2,(H4,12,13,14). The van der Waals surface area contributed by atoms with Gasteiger partial charge in [0.15, 0.2) is 5.96 Å². The normalized spacial score (nSPS) is 18.7. The molecule has 1 aliphatic heterocycles. The van der Waals surface area contributed by atoms with Crippen LogP contribution in [0.1, 0.15) is 6.42 Å². The number of nitro benzene ring substituents is 1. The first-order valence-corrected chi connectivity index (χ1v) is 5.64. The van der Waals surface area contributed by atoms with E-state index in [4.69, 9.17) is 11.5 Å². The molecule has 1 saturated heterocycles. The molecular weight excluding hydrogens is 234 g/mol. The van der Waals surface area contributed by atoms with Gasteiger partial charge in [0.25, 0.3) is 5.69 Å². The number of benzene rings is 1. The van der Waals surface area contributed by atoms with E-state index in [1.807, 2.05) is 0 Å². The minimum Gasteiger partial charge on any atom is -0.370 e. The van der Waals surface area contributed by atoms with Gasteiger partial charge in [-0.05, 0) is 18.6 Å². The van der Waals surface area contributed by atoms with E-state index < -0.39 is 4.92 Å². The summed E-state index contributed by atoms with van der Waals surface area (Å²) in [6.07, 6.45) is 0.884. The third kappa shape index (κ3) is 2.68. The summed E-state index contributed by atoms with van der Waals surface area (Å²) >= 11 is 0. The first-order valence-electron chi connectivity index (χ1n) is 5.64. The van der Waals surface area contributed by atoms with Crippen molar-refractivity contribution >= 4 is 17.3 Å². The molecule has 1 aliphatic rings. The molecular formula is C11H15N5O2. The third-order valence-corrected chi connectivity index (χ3v) is 2.92. The molecule has 0 aromatic heterocycles. The van der Waals surface area contributed by atoms with Gasteiger partial charge in [0.2, 0.25) is 0 Å². The number of anilines is 1. The topological polar surface area (TPSA) is 111 Å². The summed E-state index contributed by atoms with van der Waals surface area (Å²) in [5.41, 5.74) is 11.7. The Morgan fingerprint density at radius 2 is 2.06 bits per heavy atom. The fourth-order valence-electron chi connectivity index (χ4n) is 2.08. The maximum Gasteiger partial charge on any atom is 0.269 e. The van der Waals surface area contributed by atoms with Gasteiger partial charge in [-0.3, -0.25) is 10.1 Å². The smallest absolute Gasteiger partial charge is 0.269 e.